The van der Waals surface area contributed by atoms with Crippen LogP contribution in [-0.4, -0.2) is 17.7 Å². The molecule has 0 atom stereocenters. The van der Waals surface area contributed by atoms with E-state index in [2.05, 4.69) is 25.7 Å². The zero-order valence-corrected chi connectivity index (χ0v) is 6.55. The van der Waals surface area contributed by atoms with Gasteiger partial charge >= 0.3 is 0 Å². The van der Waals surface area contributed by atoms with Gasteiger partial charge in [-0.3, -0.25) is 4.79 Å². The molecule has 60 valence electrons. The minimum absolute atomic E-state index is 0.329. The Balaban J connectivity index is 0. The molecule has 0 saturated carbocycles. The van der Waals surface area contributed by atoms with Gasteiger partial charge in [0, 0.05) is 0 Å². The topological polar surface area (TPSA) is 49.3 Å². The first-order valence-electron chi connectivity index (χ1n) is 3.24. The first kappa shape index (κ1) is 11.9. The van der Waals surface area contributed by atoms with Crippen molar-refractivity contribution >= 4 is 5.91 Å². The van der Waals surface area contributed by atoms with E-state index in [0.717, 1.165) is 6.08 Å². The molecule has 0 rings (SSSR count). The Morgan fingerprint density at radius 1 is 1.70 bits per heavy atom. The molecule has 0 fully saturated rings. The Kier molecular flexibility index (Phi) is 13.1. The van der Waals surface area contributed by atoms with Crippen molar-refractivity contribution in [2.45, 2.75) is 20.3 Å². The largest absolute Gasteiger partial charge is 0.376 e. The van der Waals surface area contributed by atoms with Crippen LogP contribution in [-0.2, 0) is 4.79 Å². The zero-order valence-electron chi connectivity index (χ0n) is 6.55. The number of carbonyl (C=O) groups excluding carboxylic acids is 1. The van der Waals surface area contributed by atoms with E-state index in [-0.39, 0.29) is 12.6 Å². The first-order valence-corrected chi connectivity index (χ1v) is 3.24. The lowest BCUT2D eigenvalue weighted by Crippen LogP contribution is -2.20. The molecule has 0 unspecified atom stereocenters. The van der Waals surface area contributed by atoms with E-state index in [9.17, 15) is 4.79 Å². The molecule has 0 aromatic carbocycles. The molecule has 10 heavy (non-hydrogen) atoms. The number of amides is 1. The van der Waals surface area contributed by atoms with Crippen molar-refractivity contribution in [2.75, 3.05) is 6.73 Å². The molecule has 2 N–H and O–H groups in total. The van der Waals surface area contributed by atoms with Crippen molar-refractivity contribution in [3.05, 3.63) is 12.7 Å². The standard InChI is InChI=1S/C4H7NO2.C3H8/c1-2-4(7)5-3-6;1-3-2/h2,6H,1,3H2,(H,5,7);3H2,1-2H3. The molecule has 0 aliphatic carbocycles. The third-order valence-electron chi connectivity index (χ3n) is 0.439. The molecule has 3 heteroatoms. The van der Waals surface area contributed by atoms with Crippen LogP contribution < -0.4 is 5.32 Å². The summed E-state index contributed by atoms with van der Waals surface area (Å²) in [5.74, 6) is -0.359. The summed E-state index contributed by atoms with van der Waals surface area (Å²) in [5.41, 5.74) is 0. The maximum atomic E-state index is 10.0. The third-order valence-corrected chi connectivity index (χ3v) is 0.439. The molecular formula is C7H15NO2. The molecule has 3 nitrogen and oxygen atoms in total. The Morgan fingerprint density at radius 3 is 2.20 bits per heavy atom. The highest BCUT2D eigenvalue weighted by Crippen LogP contribution is 1.59. The number of aliphatic hydroxyl groups is 1. The second-order valence-electron chi connectivity index (χ2n) is 1.61. The lowest BCUT2D eigenvalue weighted by atomic mass is 10.6. The second-order valence-corrected chi connectivity index (χ2v) is 1.61. The Bertz CT molecular complexity index is 91.6. The molecular weight excluding hydrogens is 130 g/mol. The minimum atomic E-state index is -0.359. The summed E-state index contributed by atoms with van der Waals surface area (Å²) in [6, 6.07) is 0. The van der Waals surface area contributed by atoms with Crippen molar-refractivity contribution in [1.29, 1.82) is 0 Å². The van der Waals surface area contributed by atoms with E-state index in [1.165, 1.54) is 6.42 Å². The molecule has 0 saturated heterocycles. The number of nitrogens with one attached hydrogen (secondary N) is 1. The fourth-order valence-electron chi connectivity index (χ4n) is 0.150. The highest BCUT2D eigenvalue weighted by Gasteiger charge is 1.84. The summed E-state index contributed by atoms with van der Waals surface area (Å²) in [6.07, 6.45) is 2.34. The predicted molar refractivity (Wildman–Crippen MR) is 41.4 cm³/mol. The second kappa shape index (κ2) is 11.0. The van der Waals surface area contributed by atoms with E-state index in [1.54, 1.807) is 0 Å². The average Bonchev–Trinajstić information content (AvgIpc) is 1.90. The zero-order chi connectivity index (χ0) is 8.41. The molecule has 0 aliphatic heterocycles. The van der Waals surface area contributed by atoms with Crippen LogP contribution in [0.25, 0.3) is 0 Å². The van der Waals surface area contributed by atoms with E-state index in [4.69, 9.17) is 5.11 Å². The van der Waals surface area contributed by atoms with Crippen LogP contribution in [0.1, 0.15) is 20.3 Å². The van der Waals surface area contributed by atoms with Crippen LogP contribution in [0.2, 0.25) is 0 Å². The highest BCUT2D eigenvalue weighted by molar-refractivity contribution is 5.86. The molecule has 0 heterocycles. The first-order chi connectivity index (χ1) is 4.72. The van der Waals surface area contributed by atoms with Gasteiger partial charge in [-0.2, -0.15) is 0 Å². The van der Waals surface area contributed by atoms with Crippen molar-refractivity contribution in [2.24, 2.45) is 0 Å². The SMILES string of the molecule is C=CC(=O)NCO.CCC. The molecule has 0 aromatic rings. The molecule has 0 spiro atoms. The Morgan fingerprint density at radius 2 is 2.10 bits per heavy atom. The van der Waals surface area contributed by atoms with Crippen molar-refractivity contribution in [3.63, 3.8) is 0 Å². The van der Waals surface area contributed by atoms with Gasteiger partial charge in [0.2, 0.25) is 5.91 Å². The van der Waals surface area contributed by atoms with Gasteiger partial charge in [0.1, 0.15) is 6.73 Å². The van der Waals surface area contributed by atoms with E-state index in [0.29, 0.717) is 0 Å². The summed E-state index contributed by atoms with van der Waals surface area (Å²) >= 11 is 0. The minimum Gasteiger partial charge on any atom is -0.376 e. The average molecular weight is 145 g/mol. The third kappa shape index (κ3) is 15.7. The van der Waals surface area contributed by atoms with Gasteiger partial charge in [-0.05, 0) is 6.08 Å². The van der Waals surface area contributed by atoms with Crippen LogP contribution in [0.5, 0.6) is 0 Å². The number of hydrogen-bond donors (Lipinski definition) is 2. The number of carbonyl (C=O) groups is 1. The monoisotopic (exact) mass is 145 g/mol. The fraction of sp³-hybridized carbons (Fsp3) is 0.571. The number of aliphatic hydroxyl groups excluding tert-OH is 1. The molecule has 0 aliphatic rings. The van der Waals surface area contributed by atoms with E-state index in [1.807, 2.05) is 0 Å². The van der Waals surface area contributed by atoms with Crippen LogP contribution >= 0.6 is 0 Å². The van der Waals surface area contributed by atoms with Gasteiger partial charge in [0.25, 0.3) is 0 Å². The molecule has 0 bridgehead atoms. The number of rotatable bonds is 2. The lowest BCUT2D eigenvalue weighted by molar-refractivity contribution is -0.117. The van der Waals surface area contributed by atoms with E-state index >= 15 is 0 Å². The van der Waals surface area contributed by atoms with Gasteiger partial charge < -0.3 is 10.4 Å². The van der Waals surface area contributed by atoms with Crippen LogP contribution in [0.15, 0.2) is 12.7 Å². The molecule has 0 radical (unpaired) electrons. The van der Waals surface area contributed by atoms with Gasteiger partial charge in [0.05, 0.1) is 0 Å². The van der Waals surface area contributed by atoms with E-state index < -0.39 is 0 Å². The highest BCUT2D eigenvalue weighted by atomic mass is 16.3. The van der Waals surface area contributed by atoms with Crippen molar-refractivity contribution in [1.82, 2.24) is 5.32 Å². The van der Waals surface area contributed by atoms with Crippen molar-refractivity contribution < 1.29 is 9.90 Å². The Hall–Kier alpha value is -0.830. The summed E-state index contributed by atoms with van der Waals surface area (Å²) in [6.45, 7) is 7.08. The van der Waals surface area contributed by atoms with Gasteiger partial charge in [-0.1, -0.05) is 26.8 Å². The van der Waals surface area contributed by atoms with Gasteiger partial charge in [-0.15, -0.1) is 0 Å². The Labute approximate surface area is 61.8 Å². The lowest BCUT2D eigenvalue weighted by Gasteiger charge is -1.89. The smallest absolute Gasteiger partial charge is 0.245 e. The maximum Gasteiger partial charge on any atom is 0.245 e. The summed E-state index contributed by atoms with van der Waals surface area (Å²) in [5, 5.41) is 10.1. The van der Waals surface area contributed by atoms with Gasteiger partial charge in [-0.25, -0.2) is 0 Å². The summed E-state index contributed by atoms with van der Waals surface area (Å²) < 4.78 is 0. The quantitative estimate of drug-likeness (QED) is 0.443. The normalized spacial score (nSPS) is 7.10. The predicted octanol–water partition coefficient (Wildman–Crippen LogP) is 0.655. The maximum absolute atomic E-state index is 10.0. The van der Waals surface area contributed by atoms with Gasteiger partial charge in [0.15, 0.2) is 0 Å². The summed E-state index contributed by atoms with van der Waals surface area (Å²) in [7, 11) is 0. The molecule has 0 aromatic heterocycles. The molecule has 1 amide bonds. The number of hydrogen-bond acceptors (Lipinski definition) is 2. The van der Waals surface area contributed by atoms with Crippen molar-refractivity contribution in [3.8, 4) is 0 Å². The van der Waals surface area contributed by atoms with Crippen LogP contribution in [0.4, 0.5) is 0 Å². The van der Waals surface area contributed by atoms with Crippen LogP contribution in [0, 0.1) is 0 Å². The fourth-order valence-corrected chi connectivity index (χ4v) is 0.150. The summed E-state index contributed by atoms with van der Waals surface area (Å²) in [4.78, 5) is 10.0. The van der Waals surface area contributed by atoms with Crippen LogP contribution in [0.3, 0.4) is 0 Å².